The van der Waals surface area contributed by atoms with E-state index in [1.54, 1.807) is 27.9 Å². The second-order valence-corrected chi connectivity index (χ2v) is 5.95. The van der Waals surface area contributed by atoms with Gasteiger partial charge in [-0.05, 0) is 38.0 Å². The Morgan fingerprint density at radius 3 is 2.92 bits per heavy atom. The fourth-order valence-electron chi connectivity index (χ4n) is 2.87. The molecule has 1 atom stereocenters. The smallest absolute Gasteiger partial charge is 0.322 e. The van der Waals surface area contributed by atoms with Crippen LogP contribution in [0.2, 0.25) is 0 Å². The number of hydrogen-bond donors (Lipinski definition) is 1. The lowest BCUT2D eigenvalue weighted by Crippen LogP contribution is -2.42. The summed E-state index contributed by atoms with van der Waals surface area (Å²) in [5.41, 5.74) is 1.39. The van der Waals surface area contributed by atoms with Crippen LogP contribution in [0.4, 0.5) is 19.3 Å². The molecule has 0 spiro atoms. The summed E-state index contributed by atoms with van der Waals surface area (Å²) in [6.45, 7) is 4.09. The molecule has 3 rings (SSSR count). The minimum absolute atomic E-state index is 0.278. The van der Waals surface area contributed by atoms with Gasteiger partial charge >= 0.3 is 6.03 Å². The lowest BCUT2D eigenvalue weighted by Gasteiger charge is -2.28. The molecule has 2 aromatic heterocycles. The van der Waals surface area contributed by atoms with E-state index in [-0.39, 0.29) is 18.5 Å². The van der Waals surface area contributed by atoms with E-state index < -0.39 is 11.6 Å². The van der Waals surface area contributed by atoms with Gasteiger partial charge in [0, 0.05) is 31.0 Å². The number of fused-ring (bicyclic) bond motifs is 1. The zero-order chi connectivity index (χ0) is 18.7. The van der Waals surface area contributed by atoms with Gasteiger partial charge in [-0.2, -0.15) is 5.10 Å². The van der Waals surface area contributed by atoms with Crippen molar-refractivity contribution in [3.05, 3.63) is 60.1 Å². The van der Waals surface area contributed by atoms with Gasteiger partial charge in [0.15, 0.2) is 5.65 Å². The third-order valence-electron chi connectivity index (χ3n) is 4.18. The molecule has 1 N–H and O–H groups in total. The number of nitrogens with zero attached hydrogens (tertiary/aromatic N) is 4. The number of amides is 2. The molecule has 3 aromatic rings. The predicted molar refractivity (Wildman–Crippen MR) is 93.9 cm³/mol. The summed E-state index contributed by atoms with van der Waals surface area (Å²) < 4.78 is 28.5. The monoisotopic (exact) mass is 359 g/mol. The van der Waals surface area contributed by atoms with Crippen molar-refractivity contribution in [1.29, 1.82) is 0 Å². The molecule has 26 heavy (non-hydrogen) atoms. The van der Waals surface area contributed by atoms with Crippen LogP contribution in [-0.4, -0.2) is 38.1 Å². The number of aromatic nitrogens is 3. The SMILES string of the molecule is CCN(C(=O)Nc1cnn2cccnc12)[C@@H](C)Cc1ccc(F)cc1F. The number of anilines is 1. The van der Waals surface area contributed by atoms with Gasteiger partial charge in [-0.25, -0.2) is 23.1 Å². The predicted octanol–water partition coefficient (Wildman–Crippen LogP) is 3.49. The van der Waals surface area contributed by atoms with Crippen molar-refractivity contribution in [2.75, 3.05) is 11.9 Å². The molecule has 0 saturated heterocycles. The Balaban J connectivity index is 1.73. The molecule has 0 unspecified atom stereocenters. The fourth-order valence-corrected chi connectivity index (χ4v) is 2.87. The van der Waals surface area contributed by atoms with E-state index in [4.69, 9.17) is 0 Å². The molecule has 0 bridgehead atoms. The van der Waals surface area contributed by atoms with Crippen molar-refractivity contribution in [3.8, 4) is 0 Å². The molecule has 0 aliphatic heterocycles. The third kappa shape index (κ3) is 3.63. The molecular formula is C18H19F2N5O. The average Bonchev–Trinajstić information content (AvgIpc) is 3.01. The largest absolute Gasteiger partial charge is 0.322 e. The Labute approximate surface area is 149 Å². The Kier molecular flexibility index (Phi) is 5.11. The third-order valence-corrected chi connectivity index (χ3v) is 4.18. The first-order chi connectivity index (χ1) is 12.5. The summed E-state index contributed by atoms with van der Waals surface area (Å²) in [5.74, 6) is -1.23. The summed E-state index contributed by atoms with van der Waals surface area (Å²) in [6, 6.07) is 4.60. The second-order valence-electron chi connectivity index (χ2n) is 5.95. The second kappa shape index (κ2) is 7.47. The van der Waals surface area contributed by atoms with Gasteiger partial charge in [-0.1, -0.05) is 6.07 Å². The summed E-state index contributed by atoms with van der Waals surface area (Å²) in [5, 5.41) is 6.92. The maximum atomic E-state index is 13.9. The number of carbonyl (C=O) groups excluding carboxylic acids is 1. The minimum Gasteiger partial charge on any atom is -0.322 e. The first kappa shape index (κ1) is 17.8. The average molecular weight is 359 g/mol. The number of benzene rings is 1. The van der Waals surface area contributed by atoms with Crippen molar-refractivity contribution in [2.24, 2.45) is 0 Å². The number of likely N-dealkylation sites (N-methyl/N-ethyl adjacent to an activating group) is 1. The van der Waals surface area contributed by atoms with E-state index in [0.717, 1.165) is 6.07 Å². The van der Waals surface area contributed by atoms with Crippen LogP contribution in [0.1, 0.15) is 19.4 Å². The van der Waals surface area contributed by atoms with E-state index in [1.807, 2.05) is 13.8 Å². The van der Waals surface area contributed by atoms with Crippen LogP contribution in [0.3, 0.4) is 0 Å². The maximum Gasteiger partial charge on any atom is 0.322 e. The van der Waals surface area contributed by atoms with Gasteiger partial charge in [-0.3, -0.25) is 0 Å². The number of halogens is 2. The molecule has 2 amide bonds. The molecule has 8 heteroatoms. The lowest BCUT2D eigenvalue weighted by molar-refractivity contribution is 0.195. The van der Waals surface area contributed by atoms with E-state index in [0.29, 0.717) is 23.4 Å². The van der Waals surface area contributed by atoms with Crippen LogP contribution >= 0.6 is 0 Å². The van der Waals surface area contributed by atoms with Gasteiger partial charge in [0.2, 0.25) is 0 Å². The highest BCUT2D eigenvalue weighted by Gasteiger charge is 2.21. The Morgan fingerprint density at radius 2 is 2.19 bits per heavy atom. The summed E-state index contributed by atoms with van der Waals surface area (Å²) in [7, 11) is 0. The van der Waals surface area contributed by atoms with Crippen molar-refractivity contribution >= 4 is 17.4 Å². The summed E-state index contributed by atoms with van der Waals surface area (Å²) >= 11 is 0. The molecule has 2 heterocycles. The molecule has 1 aromatic carbocycles. The zero-order valence-corrected chi connectivity index (χ0v) is 14.5. The molecule has 6 nitrogen and oxygen atoms in total. The first-order valence-electron chi connectivity index (χ1n) is 8.29. The highest BCUT2D eigenvalue weighted by Crippen LogP contribution is 2.17. The van der Waals surface area contributed by atoms with Crippen LogP contribution in [0.5, 0.6) is 0 Å². The van der Waals surface area contributed by atoms with Gasteiger partial charge < -0.3 is 10.2 Å². The molecular weight excluding hydrogens is 340 g/mol. The summed E-state index contributed by atoms with van der Waals surface area (Å²) in [4.78, 5) is 18.4. The van der Waals surface area contributed by atoms with E-state index in [9.17, 15) is 13.6 Å². The van der Waals surface area contributed by atoms with E-state index in [2.05, 4.69) is 15.4 Å². The molecule has 0 aliphatic carbocycles. The molecule has 0 radical (unpaired) electrons. The number of nitrogens with one attached hydrogen (secondary N) is 1. The molecule has 0 aliphatic rings. The van der Waals surface area contributed by atoms with E-state index >= 15 is 0 Å². The fraction of sp³-hybridized carbons (Fsp3) is 0.278. The topological polar surface area (TPSA) is 62.5 Å². The summed E-state index contributed by atoms with van der Waals surface area (Å²) in [6.07, 6.45) is 5.15. The Bertz CT molecular complexity index is 927. The molecule has 0 fully saturated rings. The van der Waals surface area contributed by atoms with Crippen LogP contribution < -0.4 is 5.32 Å². The first-order valence-corrected chi connectivity index (χ1v) is 8.29. The number of urea groups is 1. The quantitative estimate of drug-likeness (QED) is 0.758. The molecule has 0 saturated carbocycles. The van der Waals surface area contributed by atoms with Crippen LogP contribution in [-0.2, 0) is 6.42 Å². The zero-order valence-electron chi connectivity index (χ0n) is 14.5. The maximum absolute atomic E-state index is 13.9. The van der Waals surface area contributed by atoms with Crippen molar-refractivity contribution in [1.82, 2.24) is 19.5 Å². The molecule has 136 valence electrons. The normalized spacial score (nSPS) is 12.2. The van der Waals surface area contributed by atoms with Crippen molar-refractivity contribution < 1.29 is 13.6 Å². The van der Waals surface area contributed by atoms with Crippen LogP contribution in [0.25, 0.3) is 5.65 Å². The minimum atomic E-state index is -0.621. The van der Waals surface area contributed by atoms with Gasteiger partial charge in [0.25, 0.3) is 0 Å². The van der Waals surface area contributed by atoms with E-state index in [1.165, 1.54) is 18.3 Å². The standard InChI is InChI=1S/C18H19F2N5O/c1-3-24(12(2)9-13-5-6-14(19)10-15(13)20)18(26)23-16-11-22-25-8-4-7-21-17(16)25/h4-8,10-12H,3,9H2,1-2H3,(H,23,26)/t12-/m0/s1. The Hall–Kier alpha value is -3.03. The van der Waals surface area contributed by atoms with Gasteiger partial charge in [0.05, 0.1) is 6.20 Å². The number of rotatable bonds is 5. The number of hydrogen-bond acceptors (Lipinski definition) is 3. The van der Waals surface area contributed by atoms with Crippen molar-refractivity contribution in [2.45, 2.75) is 26.3 Å². The number of carbonyl (C=O) groups is 1. The van der Waals surface area contributed by atoms with Gasteiger partial charge in [-0.15, -0.1) is 0 Å². The van der Waals surface area contributed by atoms with Crippen LogP contribution in [0.15, 0.2) is 42.9 Å². The van der Waals surface area contributed by atoms with Gasteiger partial charge in [0.1, 0.15) is 17.3 Å². The van der Waals surface area contributed by atoms with Crippen molar-refractivity contribution in [3.63, 3.8) is 0 Å². The highest BCUT2D eigenvalue weighted by atomic mass is 19.1. The highest BCUT2D eigenvalue weighted by molar-refractivity contribution is 5.93. The van der Waals surface area contributed by atoms with Crippen LogP contribution in [0, 0.1) is 11.6 Å². The lowest BCUT2D eigenvalue weighted by atomic mass is 10.1. The Morgan fingerprint density at radius 1 is 1.38 bits per heavy atom.